The molecule has 0 aliphatic heterocycles. The number of aromatic nitrogens is 2. The van der Waals surface area contributed by atoms with Crippen LogP contribution < -0.4 is 5.32 Å². The zero-order valence-electron chi connectivity index (χ0n) is 11.8. The molecule has 0 radical (unpaired) electrons. The summed E-state index contributed by atoms with van der Waals surface area (Å²) in [6, 6.07) is 0.109. The molecule has 0 fully saturated rings. The predicted octanol–water partition coefficient (Wildman–Crippen LogP) is 1.43. The highest BCUT2D eigenvalue weighted by atomic mass is 16.7. The van der Waals surface area contributed by atoms with Gasteiger partial charge in [-0.05, 0) is 27.8 Å². The quantitative estimate of drug-likeness (QED) is 0.678. The minimum absolute atomic E-state index is 0.109. The minimum atomic E-state index is -0.230. The van der Waals surface area contributed by atoms with E-state index in [-0.39, 0.29) is 12.3 Å². The molecule has 0 saturated heterocycles. The molecule has 1 unspecified atom stereocenters. The van der Waals surface area contributed by atoms with Gasteiger partial charge in [-0.2, -0.15) is 0 Å². The van der Waals surface area contributed by atoms with E-state index in [1.807, 2.05) is 33.3 Å². The SMILES string of the molecule is CCOC(OCC)C(Cc1nccn1CC)NC. The topological polar surface area (TPSA) is 48.3 Å². The first-order valence-corrected chi connectivity index (χ1v) is 6.67. The summed E-state index contributed by atoms with van der Waals surface area (Å²) in [5.41, 5.74) is 0. The Labute approximate surface area is 109 Å². The number of ether oxygens (including phenoxy) is 2. The normalized spacial score (nSPS) is 13.2. The summed E-state index contributed by atoms with van der Waals surface area (Å²) >= 11 is 0. The van der Waals surface area contributed by atoms with Gasteiger partial charge in [-0.25, -0.2) is 4.98 Å². The molecule has 1 rings (SSSR count). The van der Waals surface area contributed by atoms with Gasteiger partial charge in [0.05, 0.1) is 6.04 Å². The molecule has 18 heavy (non-hydrogen) atoms. The van der Waals surface area contributed by atoms with Crippen molar-refractivity contribution in [3.8, 4) is 0 Å². The van der Waals surface area contributed by atoms with Gasteiger partial charge in [-0.3, -0.25) is 0 Å². The van der Waals surface area contributed by atoms with Crippen LogP contribution in [0.25, 0.3) is 0 Å². The van der Waals surface area contributed by atoms with Crippen LogP contribution in [0.4, 0.5) is 0 Å². The summed E-state index contributed by atoms with van der Waals surface area (Å²) in [4.78, 5) is 4.39. The fraction of sp³-hybridized carbons (Fsp3) is 0.769. The molecule has 1 heterocycles. The van der Waals surface area contributed by atoms with Gasteiger partial charge < -0.3 is 19.4 Å². The first kappa shape index (κ1) is 15.1. The number of nitrogens with one attached hydrogen (secondary N) is 1. The number of hydrogen-bond donors (Lipinski definition) is 1. The average Bonchev–Trinajstić information content (AvgIpc) is 2.83. The molecule has 104 valence electrons. The second-order valence-corrected chi connectivity index (χ2v) is 4.01. The average molecular weight is 255 g/mol. The van der Waals surface area contributed by atoms with E-state index >= 15 is 0 Å². The molecule has 5 nitrogen and oxygen atoms in total. The van der Waals surface area contributed by atoms with Crippen LogP contribution in [0.2, 0.25) is 0 Å². The molecule has 0 aromatic carbocycles. The van der Waals surface area contributed by atoms with E-state index in [2.05, 4.69) is 21.8 Å². The van der Waals surface area contributed by atoms with Crippen molar-refractivity contribution in [1.29, 1.82) is 0 Å². The summed E-state index contributed by atoms with van der Waals surface area (Å²) < 4.78 is 13.4. The van der Waals surface area contributed by atoms with E-state index in [0.717, 1.165) is 18.8 Å². The van der Waals surface area contributed by atoms with E-state index in [1.54, 1.807) is 0 Å². The smallest absolute Gasteiger partial charge is 0.173 e. The fourth-order valence-corrected chi connectivity index (χ4v) is 1.96. The lowest BCUT2D eigenvalue weighted by Gasteiger charge is -2.26. The van der Waals surface area contributed by atoms with E-state index in [9.17, 15) is 0 Å². The molecule has 1 aromatic rings. The molecule has 0 aliphatic rings. The van der Waals surface area contributed by atoms with Gasteiger partial charge in [0.25, 0.3) is 0 Å². The van der Waals surface area contributed by atoms with E-state index in [1.165, 1.54) is 0 Å². The van der Waals surface area contributed by atoms with Gasteiger partial charge in [-0.1, -0.05) is 0 Å². The number of imidazole rings is 1. The zero-order valence-corrected chi connectivity index (χ0v) is 11.8. The van der Waals surface area contributed by atoms with Crippen molar-refractivity contribution in [1.82, 2.24) is 14.9 Å². The van der Waals surface area contributed by atoms with Crippen molar-refractivity contribution in [2.24, 2.45) is 0 Å². The van der Waals surface area contributed by atoms with E-state index < -0.39 is 0 Å². The molecule has 0 bridgehead atoms. The summed E-state index contributed by atoms with van der Waals surface area (Å²) in [6.07, 6.45) is 4.40. The molecule has 0 saturated carbocycles. The lowest BCUT2D eigenvalue weighted by Crippen LogP contribution is -2.43. The Morgan fingerprint density at radius 3 is 2.44 bits per heavy atom. The van der Waals surface area contributed by atoms with Crippen molar-refractivity contribution >= 4 is 0 Å². The number of likely N-dealkylation sites (N-methyl/N-ethyl adjacent to an activating group) is 1. The van der Waals surface area contributed by atoms with Crippen molar-refractivity contribution < 1.29 is 9.47 Å². The Morgan fingerprint density at radius 1 is 1.28 bits per heavy atom. The predicted molar refractivity (Wildman–Crippen MR) is 71.5 cm³/mol. The first-order valence-electron chi connectivity index (χ1n) is 6.67. The van der Waals surface area contributed by atoms with Crippen molar-refractivity contribution in [3.63, 3.8) is 0 Å². The Kier molecular flexibility index (Phi) is 6.93. The molecule has 1 atom stereocenters. The first-order chi connectivity index (χ1) is 8.76. The van der Waals surface area contributed by atoms with Crippen LogP contribution in [0.5, 0.6) is 0 Å². The molecule has 1 N–H and O–H groups in total. The second kappa shape index (κ2) is 8.24. The Bertz CT molecular complexity index is 322. The van der Waals surface area contributed by atoms with Gasteiger partial charge in [0.2, 0.25) is 0 Å². The Hall–Kier alpha value is -0.910. The van der Waals surface area contributed by atoms with Crippen LogP contribution in [0.3, 0.4) is 0 Å². The molecule has 0 spiro atoms. The maximum atomic E-state index is 5.64. The summed E-state index contributed by atoms with van der Waals surface area (Å²) in [7, 11) is 1.93. The van der Waals surface area contributed by atoms with Crippen molar-refractivity contribution in [2.45, 2.75) is 46.1 Å². The number of aryl methyl sites for hydroxylation is 1. The monoisotopic (exact) mass is 255 g/mol. The zero-order chi connectivity index (χ0) is 13.4. The summed E-state index contributed by atoms with van der Waals surface area (Å²) in [5, 5.41) is 3.26. The van der Waals surface area contributed by atoms with Crippen molar-refractivity contribution in [2.75, 3.05) is 20.3 Å². The van der Waals surface area contributed by atoms with E-state index in [4.69, 9.17) is 9.47 Å². The molecular formula is C13H25N3O2. The lowest BCUT2D eigenvalue weighted by molar-refractivity contribution is -0.153. The highest BCUT2D eigenvalue weighted by molar-refractivity contribution is 4.96. The Balaban J connectivity index is 2.69. The molecule has 5 heteroatoms. The van der Waals surface area contributed by atoms with Crippen LogP contribution in [-0.2, 0) is 22.4 Å². The highest BCUT2D eigenvalue weighted by Crippen LogP contribution is 2.09. The number of rotatable bonds is 9. The minimum Gasteiger partial charge on any atom is -0.351 e. The molecule has 0 amide bonds. The fourth-order valence-electron chi connectivity index (χ4n) is 1.96. The number of hydrogen-bond acceptors (Lipinski definition) is 4. The van der Waals surface area contributed by atoms with Gasteiger partial charge in [0, 0.05) is 38.6 Å². The third kappa shape index (κ3) is 4.08. The van der Waals surface area contributed by atoms with Crippen LogP contribution in [0, 0.1) is 0 Å². The highest BCUT2D eigenvalue weighted by Gasteiger charge is 2.22. The van der Waals surface area contributed by atoms with Crippen molar-refractivity contribution in [3.05, 3.63) is 18.2 Å². The maximum Gasteiger partial charge on any atom is 0.173 e. The van der Waals surface area contributed by atoms with Gasteiger partial charge in [0.15, 0.2) is 6.29 Å². The van der Waals surface area contributed by atoms with Crippen LogP contribution >= 0.6 is 0 Å². The second-order valence-electron chi connectivity index (χ2n) is 4.01. The van der Waals surface area contributed by atoms with Crippen LogP contribution in [0.15, 0.2) is 12.4 Å². The van der Waals surface area contributed by atoms with Gasteiger partial charge in [0.1, 0.15) is 5.82 Å². The number of nitrogens with zero attached hydrogens (tertiary/aromatic N) is 2. The molecule has 0 aliphatic carbocycles. The van der Waals surface area contributed by atoms with E-state index in [0.29, 0.717) is 13.2 Å². The third-order valence-corrected chi connectivity index (χ3v) is 2.91. The lowest BCUT2D eigenvalue weighted by atomic mass is 10.2. The molecular weight excluding hydrogens is 230 g/mol. The molecule has 1 aromatic heterocycles. The van der Waals surface area contributed by atoms with Gasteiger partial charge >= 0.3 is 0 Å². The van der Waals surface area contributed by atoms with Crippen LogP contribution in [-0.4, -0.2) is 42.1 Å². The van der Waals surface area contributed by atoms with Gasteiger partial charge in [-0.15, -0.1) is 0 Å². The summed E-state index contributed by atoms with van der Waals surface area (Å²) in [6.45, 7) is 8.29. The Morgan fingerprint density at radius 2 is 1.94 bits per heavy atom. The largest absolute Gasteiger partial charge is 0.351 e. The van der Waals surface area contributed by atoms with Crippen LogP contribution in [0.1, 0.15) is 26.6 Å². The maximum absolute atomic E-state index is 5.64. The summed E-state index contributed by atoms with van der Waals surface area (Å²) in [5.74, 6) is 1.06. The third-order valence-electron chi connectivity index (χ3n) is 2.91. The standard InChI is InChI=1S/C13H25N3O2/c1-5-16-9-8-15-12(16)10-11(14-4)13(17-6-2)18-7-3/h8-9,11,13-14H,5-7,10H2,1-4H3.